The molecule has 0 saturated carbocycles. The minimum atomic E-state index is -3.49. The number of halogens is 1. The number of benzene rings is 1. The number of nitrogens with zero attached hydrogens (tertiary/aromatic N) is 2. The fourth-order valence-corrected chi connectivity index (χ4v) is 2.26. The average molecular weight is 298 g/mol. The summed E-state index contributed by atoms with van der Waals surface area (Å²) in [4.78, 5) is 7.63. The van der Waals surface area contributed by atoms with E-state index in [4.69, 9.17) is 11.6 Å². The van der Waals surface area contributed by atoms with Gasteiger partial charge in [-0.1, -0.05) is 23.7 Å². The summed E-state index contributed by atoms with van der Waals surface area (Å²) in [5.41, 5.74) is 1.88. The van der Waals surface area contributed by atoms with Crippen molar-refractivity contribution in [2.24, 2.45) is 0 Å². The lowest BCUT2D eigenvalue weighted by Gasteiger charge is -2.07. The van der Waals surface area contributed by atoms with Gasteiger partial charge in [-0.2, -0.15) is 0 Å². The fraction of sp³-hybridized carbons (Fsp3) is 0.167. The Labute approximate surface area is 116 Å². The molecule has 1 aromatic heterocycles. The predicted molar refractivity (Wildman–Crippen MR) is 74.6 cm³/mol. The van der Waals surface area contributed by atoms with Gasteiger partial charge in [0.15, 0.2) is 0 Å². The van der Waals surface area contributed by atoms with Gasteiger partial charge in [0.2, 0.25) is 15.0 Å². The third-order valence-corrected chi connectivity index (χ3v) is 3.34. The van der Waals surface area contributed by atoms with E-state index in [0.717, 1.165) is 17.5 Å². The highest BCUT2D eigenvalue weighted by Gasteiger charge is 2.13. The van der Waals surface area contributed by atoms with Crippen LogP contribution in [0.2, 0.25) is 5.15 Å². The van der Waals surface area contributed by atoms with Crippen molar-refractivity contribution < 1.29 is 8.42 Å². The van der Waals surface area contributed by atoms with Gasteiger partial charge >= 0.3 is 0 Å². The van der Waals surface area contributed by atoms with E-state index in [0.29, 0.717) is 5.82 Å². The normalized spacial score (nSPS) is 11.3. The Hall–Kier alpha value is -1.66. The first kappa shape index (κ1) is 13.8. The van der Waals surface area contributed by atoms with E-state index in [1.807, 2.05) is 31.2 Å². The average Bonchev–Trinajstić information content (AvgIpc) is 2.26. The lowest BCUT2D eigenvalue weighted by atomic mass is 10.2. The molecule has 0 fully saturated rings. The van der Waals surface area contributed by atoms with Crippen LogP contribution in [0.3, 0.4) is 0 Å². The summed E-state index contributed by atoms with van der Waals surface area (Å²) in [6.07, 6.45) is 1.04. The van der Waals surface area contributed by atoms with Crippen LogP contribution in [0.4, 0.5) is 11.5 Å². The lowest BCUT2D eigenvalue weighted by molar-refractivity contribution is 0.593. The quantitative estimate of drug-likeness (QED) is 0.696. The molecule has 7 heteroatoms. The van der Waals surface area contributed by atoms with Crippen LogP contribution >= 0.6 is 11.6 Å². The molecule has 0 radical (unpaired) electrons. The monoisotopic (exact) mass is 297 g/mol. The summed E-state index contributed by atoms with van der Waals surface area (Å²) in [5.74, 6) is 0.339. The maximum atomic E-state index is 11.4. The van der Waals surface area contributed by atoms with Gasteiger partial charge in [0.05, 0.1) is 0 Å². The van der Waals surface area contributed by atoms with E-state index in [9.17, 15) is 8.42 Å². The number of hydrogen-bond donors (Lipinski definition) is 1. The molecule has 5 nitrogen and oxygen atoms in total. The standard InChI is InChI=1S/C12H12ClN3O2S/c1-8-4-3-5-9(6-8)14-11-7-10(13)15-12(16-11)19(2,17)18/h3-7H,1-2H3,(H,14,15,16). The Morgan fingerprint density at radius 1 is 1.21 bits per heavy atom. The number of nitrogens with one attached hydrogen (secondary N) is 1. The molecule has 0 aliphatic rings. The molecule has 1 N–H and O–H groups in total. The molecular weight excluding hydrogens is 286 g/mol. The summed E-state index contributed by atoms with van der Waals surface area (Å²) >= 11 is 5.80. The highest BCUT2D eigenvalue weighted by molar-refractivity contribution is 7.90. The molecule has 0 unspecified atom stereocenters. The minimum Gasteiger partial charge on any atom is -0.340 e. The second kappa shape index (κ2) is 5.14. The van der Waals surface area contributed by atoms with E-state index in [-0.39, 0.29) is 10.3 Å². The van der Waals surface area contributed by atoms with E-state index in [1.165, 1.54) is 6.07 Å². The predicted octanol–water partition coefficient (Wildman–Crippen LogP) is 2.59. The third-order valence-electron chi connectivity index (χ3n) is 2.30. The van der Waals surface area contributed by atoms with Crippen molar-refractivity contribution in [3.8, 4) is 0 Å². The zero-order chi connectivity index (χ0) is 14.0. The number of hydrogen-bond acceptors (Lipinski definition) is 5. The van der Waals surface area contributed by atoms with Gasteiger partial charge in [0.25, 0.3) is 0 Å². The summed E-state index contributed by atoms with van der Waals surface area (Å²) in [6, 6.07) is 9.08. The van der Waals surface area contributed by atoms with Crippen molar-refractivity contribution in [3.05, 3.63) is 41.0 Å². The van der Waals surface area contributed by atoms with Gasteiger partial charge in [-0.05, 0) is 24.6 Å². The second-order valence-corrected chi connectivity index (χ2v) is 6.42. The van der Waals surface area contributed by atoms with Crippen LogP contribution < -0.4 is 5.32 Å². The van der Waals surface area contributed by atoms with E-state index >= 15 is 0 Å². The fourth-order valence-electron chi connectivity index (χ4n) is 1.50. The number of aromatic nitrogens is 2. The topological polar surface area (TPSA) is 72.0 Å². The molecule has 0 amide bonds. The van der Waals surface area contributed by atoms with Crippen LogP contribution in [0.25, 0.3) is 0 Å². The van der Waals surface area contributed by atoms with Crippen LogP contribution in [0.15, 0.2) is 35.5 Å². The van der Waals surface area contributed by atoms with Crippen LogP contribution in [0.1, 0.15) is 5.56 Å². The summed E-state index contributed by atoms with van der Waals surface area (Å²) in [6.45, 7) is 1.96. The van der Waals surface area contributed by atoms with Crippen molar-refractivity contribution in [1.29, 1.82) is 0 Å². The zero-order valence-corrected chi connectivity index (χ0v) is 12.0. The molecule has 0 atom stereocenters. The van der Waals surface area contributed by atoms with Crippen LogP contribution in [-0.2, 0) is 9.84 Å². The summed E-state index contributed by atoms with van der Waals surface area (Å²) < 4.78 is 22.9. The summed E-state index contributed by atoms with van der Waals surface area (Å²) in [5, 5.41) is 2.78. The Balaban J connectivity index is 2.38. The van der Waals surface area contributed by atoms with Gasteiger partial charge in [-0.25, -0.2) is 18.4 Å². The summed E-state index contributed by atoms with van der Waals surface area (Å²) in [7, 11) is -3.49. The van der Waals surface area contributed by atoms with Crippen molar-refractivity contribution >= 4 is 32.9 Å². The van der Waals surface area contributed by atoms with Crippen LogP contribution in [0.5, 0.6) is 0 Å². The molecular formula is C12H12ClN3O2S. The minimum absolute atomic E-state index is 0.0746. The molecule has 0 spiro atoms. The lowest BCUT2D eigenvalue weighted by Crippen LogP contribution is -2.06. The Morgan fingerprint density at radius 3 is 2.58 bits per heavy atom. The smallest absolute Gasteiger partial charge is 0.250 e. The molecule has 1 heterocycles. The molecule has 2 rings (SSSR count). The molecule has 0 aliphatic heterocycles. The molecule has 100 valence electrons. The third kappa shape index (κ3) is 3.65. The highest BCUT2D eigenvalue weighted by atomic mass is 35.5. The maximum absolute atomic E-state index is 11.4. The van der Waals surface area contributed by atoms with Crippen molar-refractivity contribution in [3.63, 3.8) is 0 Å². The first-order valence-electron chi connectivity index (χ1n) is 5.43. The Kier molecular flexibility index (Phi) is 3.73. The molecule has 0 saturated heterocycles. The van der Waals surface area contributed by atoms with E-state index in [1.54, 1.807) is 0 Å². The van der Waals surface area contributed by atoms with E-state index in [2.05, 4.69) is 15.3 Å². The first-order chi connectivity index (χ1) is 8.84. The van der Waals surface area contributed by atoms with Gasteiger partial charge in [-0.15, -0.1) is 0 Å². The zero-order valence-electron chi connectivity index (χ0n) is 10.4. The Morgan fingerprint density at radius 2 is 1.95 bits per heavy atom. The second-order valence-electron chi connectivity index (χ2n) is 4.13. The van der Waals surface area contributed by atoms with Crippen molar-refractivity contribution in [1.82, 2.24) is 9.97 Å². The van der Waals surface area contributed by atoms with Crippen molar-refractivity contribution in [2.75, 3.05) is 11.6 Å². The first-order valence-corrected chi connectivity index (χ1v) is 7.70. The number of aryl methyl sites for hydroxylation is 1. The van der Waals surface area contributed by atoms with Crippen LogP contribution in [-0.4, -0.2) is 24.6 Å². The van der Waals surface area contributed by atoms with Crippen molar-refractivity contribution in [2.45, 2.75) is 12.1 Å². The number of sulfone groups is 1. The van der Waals surface area contributed by atoms with Gasteiger partial charge in [0.1, 0.15) is 11.0 Å². The molecule has 1 aromatic carbocycles. The highest BCUT2D eigenvalue weighted by Crippen LogP contribution is 2.19. The van der Waals surface area contributed by atoms with Crippen LogP contribution in [0, 0.1) is 6.92 Å². The molecule has 2 aromatic rings. The maximum Gasteiger partial charge on any atom is 0.250 e. The molecule has 0 aliphatic carbocycles. The van der Waals surface area contributed by atoms with E-state index < -0.39 is 9.84 Å². The Bertz CT molecular complexity index is 717. The van der Waals surface area contributed by atoms with Gasteiger partial charge in [0, 0.05) is 18.0 Å². The molecule has 0 bridgehead atoms. The molecule has 19 heavy (non-hydrogen) atoms. The van der Waals surface area contributed by atoms with Gasteiger partial charge in [-0.3, -0.25) is 0 Å². The SMILES string of the molecule is Cc1cccc(Nc2cc(Cl)nc(S(C)(=O)=O)n2)c1. The largest absolute Gasteiger partial charge is 0.340 e. The van der Waals surface area contributed by atoms with Gasteiger partial charge < -0.3 is 5.32 Å². The number of rotatable bonds is 3. The number of anilines is 2.